The minimum atomic E-state index is 1.18. The summed E-state index contributed by atoms with van der Waals surface area (Å²) in [5.41, 5.74) is 0. The van der Waals surface area contributed by atoms with Crippen LogP contribution in [-0.2, 0) is 0 Å². The maximum atomic E-state index is 2.75. The van der Waals surface area contributed by atoms with Gasteiger partial charge in [0.25, 0.3) is 0 Å². The van der Waals surface area contributed by atoms with Gasteiger partial charge in [0.15, 0.2) is 0 Å². The summed E-state index contributed by atoms with van der Waals surface area (Å²) in [4.78, 5) is 0. The highest BCUT2D eigenvalue weighted by Crippen LogP contribution is 2.53. The average Bonchev–Trinajstić information content (AvgIpc) is 2.01. The van der Waals surface area contributed by atoms with E-state index in [4.69, 9.17) is 0 Å². The van der Waals surface area contributed by atoms with Gasteiger partial charge in [0.05, 0.1) is 0 Å². The van der Waals surface area contributed by atoms with Crippen molar-refractivity contribution in [3.8, 4) is 0 Å². The quantitative estimate of drug-likeness (QED) is 0.606. The molecule has 0 atom stereocenters. The molecule has 0 saturated heterocycles. The number of rotatable bonds is 0. The van der Waals surface area contributed by atoms with Gasteiger partial charge in [-0.15, -0.1) is 0 Å². The second-order valence-electron chi connectivity index (χ2n) is 5.38. The maximum Gasteiger partial charge on any atom is -0.0167 e. The molecule has 4 aliphatic carbocycles. The second kappa shape index (κ2) is 4.00. The van der Waals surface area contributed by atoms with E-state index in [-0.39, 0.29) is 0 Å². The zero-order valence-electron chi connectivity index (χ0n) is 9.05. The van der Waals surface area contributed by atoms with E-state index < -0.39 is 0 Å². The summed E-state index contributed by atoms with van der Waals surface area (Å²) in [6.07, 6.45) is 9.62. The number of nitrogens with one attached hydrogen (secondary N) is 1. The molecule has 0 radical (unpaired) electrons. The first-order chi connectivity index (χ1) is 6.31. The molecule has 4 bridgehead atoms. The van der Waals surface area contributed by atoms with Crippen LogP contribution in [0.2, 0.25) is 0 Å². The zero-order valence-corrected chi connectivity index (χ0v) is 9.05. The summed E-state index contributed by atoms with van der Waals surface area (Å²) in [7, 11) is 3.75. The normalized spacial score (nSPS) is 45.7. The maximum absolute atomic E-state index is 2.75. The lowest BCUT2D eigenvalue weighted by Crippen LogP contribution is -2.38. The van der Waals surface area contributed by atoms with Crippen LogP contribution in [-0.4, -0.2) is 14.1 Å². The van der Waals surface area contributed by atoms with Crippen LogP contribution in [0.15, 0.2) is 0 Å². The summed E-state index contributed by atoms with van der Waals surface area (Å²) in [5, 5.41) is 2.75. The van der Waals surface area contributed by atoms with E-state index in [0.29, 0.717) is 0 Å². The molecular formula is C12H23N. The molecule has 4 rings (SSSR count). The Bertz CT molecular complexity index is 108. The van der Waals surface area contributed by atoms with E-state index in [1.54, 1.807) is 38.5 Å². The summed E-state index contributed by atoms with van der Waals surface area (Å²) < 4.78 is 0. The van der Waals surface area contributed by atoms with Gasteiger partial charge < -0.3 is 5.32 Å². The molecule has 0 aromatic heterocycles. The number of hydrogen-bond donors (Lipinski definition) is 1. The van der Waals surface area contributed by atoms with Crippen molar-refractivity contribution in [1.82, 2.24) is 5.32 Å². The van der Waals surface area contributed by atoms with Crippen LogP contribution in [0.4, 0.5) is 0 Å². The smallest absolute Gasteiger partial charge is 0.0167 e. The molecule has 1 N–H and O–H groups in total. The molecule has 0 aromatic carbocycles. The lowest BCUT2D eigenvalue weighted by molar-refractivity contribution is 0.0198. The molecule has 4 saturated carbocycles. The monoisotopic (exact) mass is 181 g/mol. The molecule has 4 fully saturated rings. The van der Waals surface area contributed by atoms with E-state index in [1.807, 2.05) is 14.1 Å². The Balaban J connectivity index is 0.000000196. The van der Waals surface area contributed by atoms with Crippen molar-refractivity contribution in [2.45, 2.75) is 38.5 Å². The Morgan fingerprint density at radius 3 is 0.923 bits per heavy atom. The van der Waals surface area contributed by atoms with Crippen LogP contribution in [0.1, 0.15) is 38.5 Å². The van der Waals surface area contributed by atoms with Crippen LogP contribution >= 0.6 is 0 Å². The predicted molar refractivity (Wildman–Crippen MR) is 56.6 cm³/mol. The van der Waals surface area contributed by atoms with Crippen molar-refractivity contribution < 1.29 is 0 Å². The van der Waals surface area contributed by atoms with Gasteiger partial charge in [0, 0.05) is 0 Å². The third-order valence-electron chi connectivity index (χ3n) is 4.00. The summed E-state index contributed by atoms with van der Waals surface area (Å²) in [6, 6.07) is 0. The van der Waals surface area contributed by atoms with E-state index in [2.05, 4.69) is 5.32 Å². The van der Waals surface area contributed by atoms with Crippen molar-refractivity contribution in [2.75, 3.05) is 14.1 Å². The fourth-order valence-electron chi connectivity index (χ4n) is 3.98. The minimum Gasteiger partial charge on any atom is -0.323 e. The van der Waals surface area contributed by atoms with Crippen LogP contribution in [0.25, 0.3) is 0 Å². The van der Waals surface area contributed by atoms with Crippen molar-refractivity contribution >= 4 is 0 Å². The van der Waals surface area contributed by atoms with Crippen molar-refractivity contribution in [2.24, 2.45) is 23.7 Å². The highest BCUT2D eigenvalue weighted by molar-refractivity contribution is 4.92. The lowest BCUT2D eigenvalue weighted by Gasteiger charge is -2.49. The fraction of sp³-hybridized carbons (Fsp3) is 1.00. The van der Waals surface area contributed by atoms with Gasteiger partial charge in [-0.2, -0.15) is 0 Å². The van der Waals surface area contributed by atoms with Gasteiger partial charge in [-0.25, -0.2) is 0 Å². The van der Waals surface area contributed by atoms with Crippen LogP contribution in [0.3, 0.4) is 0 Å². The number of hydrogen-bond acceptors (Lipinski definition) is 1. The largest absolute Gasteiger partial charge is 0.323 e. The van der Waals surface area contributed by atoms with Gasteiger partial charge in [-0.1, -0.05) is 0 Å². The zero-order chi connectivity index (χ0) is 9.26. The molecule has 4 aliphatic rings. The third kappa shape index (κ3) is 2.07. The standard InChI is InChI=1S/C10H16.C2H7N/c1-7-2-9-4-8(1)5-10(3-7)6-9;1-3-2/h7-10H,1-6H2;3H,1-2H3. The molecule has 0 aromatic rings. The summed E-state index contributed by atoms with van der Waals surface area (Å²) >= 11 is 0. The minimum absolute atomic E-state index is 1.18. The molecule has 1 nitrogen and oxygen atoms in total. The fourth-order valence-corrected chi connectivity index (χ4v) is 3.98. The molecule has 1 heteroatoms. The molecule has 76 valence electrons. The Kier molecular flexibility index (Phi) is 2.92. The van der Waals surface area contributed by atoms with Gasteiger partial charge >= 0.3 is 0 Å². The van der Waals surface area contributed by atoms with Gasteiger partial charge in [0.2, 0.25) is 0 Å². The third-order valence-corrected chi connectivity index (χ3v) is 4.00. The summed E-state index contributed by atoms with van der Waals surface area (Å²) in [5.74, 6) is 4.71. The molecule has 0 aliphatic heterocycles. The van der Waals surface area contributed by atoms with Gasteiger partial charge in [0.1, 0.15) is 0 Å². The highest BCUT2D eigenvalue weighted by Gasteiger charge is 2.41. The first-order valence-corrected chi connectivity index (χ1v) is 5.90. The van der Waals surface area contributed by atoms with E-state index in [9.17, 15) is 0 Å². The predicted octanol–water partition coefficient (Wildman–Crippen LogP) is 2.67. The lowest BCUT2D eigenvalue weighted by atomic mass is 9.56. The molecule has 0 heterocycles. The van der Waals surface area contributed by atoms with Gasteiger partial charge in [-0.05, 0) is 76.3 Å². The van der Waals surface area contributed by atoms with Crippen molar-refractivity contribution in [1.29, 1.82) is 0 Å². The average molecular weight is 181 g/mol. The summed E-state index contributed by atoms with van der Waals surface area (Å²) in [6.45, 7) is 0. The molecule has 0 spiro atoms. The first kappa shape index (κ1) is 9.51. The van der Waals surface area contributed by atoms with Crippen LogP contribution < -0.4 is 5.32 Å². The Hall–Kier alpha value is -0.0400. The first-order valence-electron chi connectivity index (χ1n) is 5.90. The molecule has 0 unspecified atom stereocenters. The van der Waals surface area contributed by atoms with E-state index >= 15 is 0 Å². The van der Waals surface area contributed by atoms with Crippen LogP contribution in [0.5, 0.6) is 0 Å². The topological polar surface area (TPSA) is 12.0 Å². The van der Waals surface area contributed by atoms with E-state index in [0.717, 1.165) is 0 Å². The Morgan fingerprint density at radius 1 is 0.615 bits per heavy atom. The van der Waals surface area contributed by atoms with Crippen molar-refractivity contribution in [3.05, 3.63) is 0 Å². The van der Waals surface area contributed by atoms with Crippen LogP contribution in [0, 0.1) is 23.7 Å². The van der Waals surface area contributed by atoms with Crippen molar-refractivity contribution in [3.63, 3.8) is 0 Å². The Labute approximate surface area is 82.3 Å². The van der Waals surface area contributed by atoms with E-state index in [1.165, 1.54) is 23.7 Å². The van der Waals surface area contributed by atoms with Gasteiger partial charge in [-0.3, -0.25) is 0 Å². The molecular weight excluding hydrogens is 158 g/mol. The highest BCUT2D eigenvalue weighted by atomic mass is 14.7. The molecule has 0 amide bonds. The second-order valence-corrected chi connectivity index (χ2v) is 5.38. The molecule has 13 heavy (non-hydrogen) atoms. The SMILES string of the molecule is C1C2CC3CC1CC(C2)C3.CNC. The Morgan fingerprint density at radius 2 is 0.769 bits per heavy atom.